The molecule has 4 nitrogen and oxygen atoms in total. The summed E-state index contributed by atoms with van der Waals surface area (Å²) in [4.78, 5) is 18.8. The number of pyridine rings is 1. The summed E-state index contributed by atoms with van der Waals surface area (Å²) in [5.74, 6) is 0.595. The van der Waals surface area contributed by atoms with Crippen molar-refractivity contribution in [2.45, 2.75) is 44.6 Å². The Morgan fingerprint density at radius 1 is 1.42 bits per heavy atom. The number of hydrogen-bond acceptors (Lipinski definition) is 3. The summed E-state index contributed by atoms with van der Waals surface area (Å²) in [7, 11) is 0. The second-order valence-electron chi connectivity index (χ2n) is 5.59. The number of carbonyl (C=O) groups is 1. The Morgan fingerprint density at radius 3 is 2.79 bits per heavy atom. The minimum atomic E-state index is -0.362. The van der Waals surface area contributed by atoms with Crippen LogP contribution >= 0.6 is 0 Å². The van der Waals surface area contributed by atoms with Gasteiger partial charge in [0.2, 0.25) is 0 Å². The summed E-state index contributed by atoms with van der Waals surface area (Å²) in [5, 5.41) is 9.54. The van der Waals surface area contributed by atoms with Gasteiger partial charge >= 0.3 is 0 Å². The zero-order valence-electron chi connectivity index (χ0n) is 11.3. The molecule has 2 heterocycles. The number of amides is 1. The fourth-order valence-electron chi connectivity index (χ4n) is 2.61. The second kappa shape index (κ2) is 4.93. The van der Waals surface area contributed by atoms with Gasteiger partial charge in [-0.15, -0.1) is 0 Å². The average molecular weight is 260 g/mol. The van der Waals surface area contributed by atoms with Crippen molar-refractivity contribution in [3.05, 3.63) is 29.1 Å². The number of aliphatic hydroxyl groups is 1. The van der Waals surface area contributed by atoms with Crippen LogP contribution in [0.25, 0.3) is 0 Å². The molecule has 1 aromatic heterocycles. The minimum absolute atomic E-state index is 0.0375. The van der Waals surface area contributed by atoms with Crippen molar-refractivity contribution in [2.75, 3.05) is 13.1 Å². The molecule has 1 unspecified atom stereocenters. The lowest BCUT2D eigenvalue weighted by atomic mass is 10.1. The first kappa shape index (κ1) is 12.6. The number of β-amino-alcohol motifs (C(OH)–C–C–N with tert-alkyl or cyclic N) is 1. The third kappa shape index (κ3) is 2.63. The first-order chi connectivity index (χ1) is 9.17. The van der Waals surface area contributed by atoms with Crippen molar-refractivity contribution in [1.29, 1.82) is 0 Å². The highest BCUT2D eigenvalue weighted by molar-refractivity contribution is 5.94. The van der Waals surface area contributed by atoms with Crippen LogP contribution < -0.4 is 0 Å². The SMILES string of the molecule is CCc1cc(C(=O)N2CCC(O)C2)cc(C2CC2)n1. The van der Waals surface area contributed by atoms with Crippen molar-refractivity contribution in [2.24, 2.45) is 0 Å². The summed E-state index contributed by atoms with van der Waals surface area (Å²) < 4.78 is 0. The summed E-state index contributed by atoms with van der Waals surface area (Å²) in [6.07, 6.45) is 3.56. The molecule has 0 aromatic carbocycles. The Morgan fingerprint density at radius 2 is 2.21 bits per heavy atom. The maximum Gasteiger partial charge on any atom is 0.254 e. The molecule has 19 heavy (non-hydrogen) atoms. The van der Waals surface area contributed by atoms with Crippen LogP contribution in [0.2, 0.25) is 0 Å². The molecule has 1 atom stereocenters. The molecule has 102 valence electrons. The van der Waals surface area contributed by atoms with Gasteiger partial charge in [0, 0.05) is 36.0 Å². The van der Waals surface area contributed by atoms with E-state index < -0.39 is 0 Å². The Kier molecular flexibility index (Phi) is 3.27. The van der Waals surface area contributed by atoms with Crippen LogP contribution in [0.15, 0.2) is 12.1 Å². The van der Waals surface area contributed by atoms with Gasteiger partial charge in [0.25, 0.3) is 5.91 Å². The molecule has 1 aliphatic carbocycles. The molecule has 1 amide bonds. The highest BCUT2D eigenvalue weighted by Crippen LogP contribution is 2.39. The van der Waals surface area contributed by atoms with E-state index in [2.05, 4.69) is 11.9 Å². The van der Waals surface area contributed by atoms with Crippen LogP contribution in [0.4, 0.5) is 0 Å². The number of aliphatic hydroxyl groups excluding tert-OH is 1. The average Bonchev–Trinajstić information content (AvgIpc) is 3.19. The van der Waals surface area contributed by atoms with Crippen LogP contribution in [0.5, 0.6) is 0 Å². The molecule has 1 saturated heterocycles. The van der Waals surface area contributed by atoms with Gasteiger partial charge in [-0.2, -0.15) is 0 Å². The van der Waals surface area contributed by atoms with Crippen molar-refractivity contribution in [3.8, 4) is 0 Å². The fourth-order valence-corrected chi connectivity index (χ4v) is 2.61. The van der Waals surface area contributed by atoms with Crippen molar-refractivity contribution in [3.63, 3.8) is 0 Å². The number of aryl methyl sites for hydroxylation is 1. The van der Waals surface area contributed by atoms with Crippen LogP contribution in [0.1, 0.15) is 53.8 Å². The maximum atomic E-state index is 12.4. The Bertz CT molecular complexity index is 497. The number of aromatic nitrogens is 1. The summed E-state index contributed by atoms with van der Waals surface area (Å²) in [5.41, 5.74) is 2.80. The Hall–Kier alpha value is -1.42. The molecule has 1 N–H and O–H groups in total. The van der Waals surface area contributed by atoms with Crippen LogP contribution in [-0.4, -0.2) is 40.1 Å². The molecular weight excluding hydrogens is 240 g/mol. The summed E-state index contributed by atoms with van der Waals surface area (Å²) >= 11 is 0. The predicted molar refractivity (Wildman–Crippen MR) is 72.1 cm³/mol. The number of likely N-dealkylation sites (tertiary alicyclic amines) is 1. The van der Waals surface area contributed by atoms with Crippen molar-refractivity contribution < 1.29 is 9.90 Å². The van der Waals surface area contributed by atoms with Gasteiger partial charge in [0.05, 0.1) is 6.10 Å². The lowest BCUT2D eigenvalue weighted by Gasteiger charge is -2.16. The third-order valence-electron chi connectivity index (χ3n) is 3.95. The van der Waals surface area contributed by atoms with Crippen LogP contribution in [0.3, 0.4) is 0 Å². The topological polar surface area (TPSA) is 53.4 Å². The summed E-state index contributed by atoms with van der Waals surface area (Å²) in [6, 6.07) is 3.85. The Balaban J connectivity index is 1.86. The predicted octanol–water partition coefficient (Wildman–Crippen LogP) is 1.73. The monoisotopic (exact) mass is 260 g/mol. The molecule has 2 fully saturated rings. The third-order valence-corrected chi connectivity index (χ3v) is 3.95. The second-order valence-corrected chi connectivity index (χ2v) is 5.59. The normalized spacial score (nSPS) is 22.8. The van der Waals surface area contributed by atoms with Crippen LogP contribution in [-0.2, 0) is 6.42 Å². The minimum Gasteiger partial charge on any atom is -0.391 e. The molecule has 0 bridgehead atoms. The van der Waals surface area contributed by atoms with E-state index in [0.717, 1.165) is 23.4 Å². The van der Waals surface area contributed by atoms with Gasteiger partial charge in [0.1, 0.15) is 0 Å². The molecule has 4 heteroatoms. The van der Waals surface area contributed by atoms with E-state index >= 15 is 0 Å². The van der Waals surface area contributed by atoms with Crippen molar-refractivity contribution >= 4 is 5.91 Å². The highest BCUT2D eigenvalue weighted by Gasteiger charge is 2.29. The molecule has 0 radical (unpaired) electrons. The molecule has 1 aromatic rings. The zero-order valence-corrected chi connectivity index (χ0v) is 11.3. The van der Waals surface area contributed by atoms with E-state index in [0.29, 0.717) is 25.4 Å². The van der Waals surface area contributed by atoms with E-state index in [4.69, 9.17) is 0 Å². The highest BCUT2D eigenvalue weighted by atomic mass is 16.3. The molecule has 2 aliphatic rings. The molecule has 3 rings (SSSR count). The van der Waals surface area contributed by atoms with Gasteiger partial charge < -0.3 is 10.0 Å². The van der Waals surface area contributed by atoms with Gasteiger partial charge in [-0.1, -0.05) is 6.92 Å². The molecular formula is C15H20N2O2. The zero-order chi connectivity index (χ0) is 13.4. The van der Waals surface area contributed by atoms with Gasteiger partial charge in [-0.05, 0) is 37.8 Å². The molecule has 0 spiro atoms. The number of hydrogen-bond donors (Lipinski definition) is 1. The van der Waals surface area contributed by atoms with Gasteiger partial charge in [0.15, 0.2) is 0 Å². The van der Waals surface area contributed by atoms with E-state index in [1.54, 1.807) is 4.90 Å². The van der Waals surface area contributed by atoms with E-state index in [1.807, 2.05) is 12.1 Å². The largest absolute Gasteiger partial charge is 0.391 e. The lowest BCUT2D eigenvalue weighted by Crippen LogP contribution is -2.29. The van der Waals surface area contributed by atoms with Gasteiger partial charge in [-0.3, -0.25) is 9.78 Å². The number of carbonyl (C=O) groups excluding carboxylic acids is 1. The summed E-state index contributed by atoms with van der Waals surface area (Å²) in [6.45, 7) is 3.18. The number of rotatable bonds is 3. The maximum absolute atomic E-state index is 12.4. The van der Waals surface area contributed by atoms with E-state index in [9.17, 15) is 9.90 Å². The Labute approximate surface area is 113 Å². The first-order valence-corrected chi connectivity index (χ1v) is 7.15. The first-order valence-electron chi connectivity index (χ1n) is 7.15. The quantitative estimate of drug-likeness (QED) is 0.900. The fraction of sp³-hybridized carbons (Fsp3) is 0.600. The van der Waals surface area contributed by atoms with E-state index in [1.165, 1.54) is 12.8 Å². The standard InChI is InChI=1S/C15H20N2O2/c1-2-12-7-11(8-14(16-12)10-3-4-10)15(19)17-6-5-13(18)9-17/h7-8,10,13,18H,2-6,9H2,1H3. The van der Waals surface area contributed by atoms with Crippen molar-refractivity contribution in [1.82, 2.24) is 9.88 Å². The molecule has 1 saturated carbocycles. The number of nitrogens with zero attached hydrogens (tertiary/aromatic N) is 2. The molecule has 1 aliphatic heterocycles. The smallest absolute Gasteiger partial charge is 0.254 e. The van der Waals surface area contributed by atoms with E-state index in [-0.39, 0.29) is 12.0 Å². The van der Waals surface area contributed by atoms with Crippen LogP contribution in [0, 0.1) is 0 Å². The van der Waals surface area contributed by atoms with Gasteiger partial charge in [-0.25, -0.2) is 0 Å². The lowest BCUT2D eigenvalue weighted by molar-refractivity contribution is 0.0764.